The van der Waals surface area contributed by atoms with Crippen molar-refractivity contribution in [3.8, 4) is 10.7 Å². The van der Waals surface area contributed by atoms with Crippen LogP contribution < -0.4 is 5.32 Å². The van der Waals surface area contributed by atoms with Crippen molar-refractivity contribution >= 4 is 29.5 Å². The van der Waals surface area contributed by atoms with E-state index in [4.69, 9.17) is 12.2 Å². The van der Waals surface area contributed by atoms with E-state index >= 15 is 0 Å². The zero-order valence-electron chi connectivity index (χ0n) is 16.3. The molecule has 8 heteroatoms. The average molecular weight is 416 g/mol. The number of likely N-dealkylation sites (N-methyl/N-ethyl adjacent to an activating group) is 1. The lowest BCUT2D eigenvalue weighted by molar-refractivity contribution is -0.121. The normalized spacial score (nSPS) is 12.3. The van der Waals surface area contributed by atoms with Gasteiger partial charge in [0.25, 0.3) is 0 Å². The van der Waals surface area contributed by atoms with Crippen LogP contribution in [0.1, 0.15) is 24.1 Å². The maximum atomic E-state index is 12.6. The van der Waals surface area contributed by atoms with E-state index in [2.05, 4.69) is 51.6 Å². The average Bonchev–Trinajstić information content (AvgIpc) is 3.33. The highest BCUT2D eigenvalue weighted by molar-refractivity contribution is 7.71. The Morgan fingerprint density at radius 1 is 1.32 bits per heavy atom. The Kier molecular flexibility index (Phi) is 6.77. The van der Waals surface area contributed by atoms with E-state index in [1.54, 1.807) is 15.9 Å². The minimum atomic E-state index is -0.0904. The van der Waals surface area contributed by atoms with Gasteiger partial charge in [-0.2, -0.15) is 5.10 Å². The molecule has 2 aromatic heterocycles. The van der Waals surface area contributed by atoms with Gasteiger partial charge >= 0.3 is 0 Å². The van der Waals surface area contributed by atoms with Crippen LogP contribution in [-0.2, 0) is 17.8 Å². The van der Waals surface area contributed by atoms with Crippen LogP contribution in [0.4, 0.5) is 0 Å². The molecule has 6 nitrogen and oxygen atoms in total. The first-order valence-electron chi connectivity index (χ1n) is 9.20. The van der Waals surface area contributed by atoms with Crippen molar-refractivity contribution in [2.24, 2.45) is 0 Å². The van der Waals surface area contributed by atoms with E-state index in [9.17, 15) is 4.79 Å². The lowest BCUT2D eigenvalue weighted by Gasteiger charge is -2.25. The Morgan fingerprint density at radius 2 is 2.07 bits per heavy atom. The van der Waals surface area contributed by atoms with E-state index in [0.717, 1.165) is 11.3 Å². The van der Waals surface area contributed by atoms with Crippen LogP contribution in [0.15, 0.2) is 41.8 Å². The maximum Gasteiger partial charge on any atom is 0.240 e. The van der Waals surface area contributed by atoms with Crippen LogP contribution in [0.3, 0.4) is 0 Å². The number of thiophene rings is 1. The largest absolute Gasteiger partial charge is 0.353 e. The van der Waals surface area contributed by atoms with Gasteiger partial charge in [-0.05, 0) is 55.3 Å². The van der Waals surface area contributed by atoms with Crippen molar-refractivity contribution in [3.63, 3.8) is 0 Å². The standard InChI is InChI=1S/C20H25N5OS2/c1-4-14-7-9-15(10-8-14)16(24(2)3)12-21-18(26)13-25-19(22-23-20(25)27)17-6-5-11-28-17/h5-11,16H,4,12-13H2,1-3H3,(H,21,26)(H,23,27). The third-order valence-electron chi connectivity index (χ3n) is 4.69. The van der Waals surface area contributed by atoms with Gasteiger partial charge in [0.15, 0.2) is 10.6 Å². The summed E-state index contributed by atoms with van der Waals surface area (Å²) in [4.78, 5) is 15.7. The van der Waals surface area contributed by atoms with Crippen molar-refractivity contribution in [2.45, 2.75) is 25.9 Å². The first kappa shape index (κ1) is 20.4. The SMILES string of the molecule is CCc1ccc(C(CNC(=O)Cn2c(-c3cccs3)n[nH]c2=S)N(C)C)cc1. The molecule has 0 fully saturated rings. The summed E-state index contributed by atoms with van der Waals surface area (Å²) in [5.74, 6) is 0.599. The molecule has 3 aromatic rings. The van der Waals surface area contributed by atoms with Gasteiger partial charge in [-0.15, -0.1) is 11.3 Å². The van der Waals surface area contributed by atoms with Gasteiger partial charge < -0.3 is 10.2 Å². The second-order valence-corrected chi connectivity index (χ2v) is 8.13. The molecular formula is C20H25N5OS2. The van der Waals surface area contributed by atoms with Gasteiger partial charge in [0, 0.05) is 6.54 Å². The third-order valence-corrected chi connectivity index (χ3v) is 5.87. The summed E-state index contributed by atoms with van der Waals surface area (Å²) in [6.07, 6.45) is 1.02. The summed E-state index contributed by atoms with van der Waals surface area (Å²) in [5, 5.41) is 12.1. The Hall–Kier alpha value is -2.29. The van der Waals surface area contributed by atoms with Gasteiger partial charge in [0.2, 0.25) is 5.91 Å². The third kappa shape index (κ3) is 4.76. The highest BCUT2D eigenvalue weighted by atomic mass is 32.1. The number of hydrogen-bond donors (Lipinski definition) is 2. The number of rotatable bonds is 8. The van der Waals surface area contributed by atoms with E-state index in [1.807, 2.05) is 31.6 Å². The Morgan fingerprint density at radius 3 is 2.68 bits per heavy atom. The first-order valence-corrected chi connectivity index (χ1v) is 10.5. The molecule has 28 heavy (non-hydrogen) atoms. The summed E-state index contributed by atoms with van der Waals surface area (Å²) < 4.78 is 2.18. The number of benzene rings is 1. The smallest absolute Gasteiger partial charge is 0.240 e. The maximum absolute atomic E-state index is 12.6. The molecule has 1 unspecified atom stereocenters. The number of amides is 1. The number of aromatic amines is 1. The Balaban J connectivity index is 1.67. The second-order valence-electron chi connectivity index (χ2n) is 6.79. The quantitative estimate of drug-likeness (QED) is 0.551. The number of hydrogen-bond acceptors (Lipinski definition) is 5. The fourth-order valence-corrected chi connectivity index (χ4v) is 3.96. The monoisotopic (exact) mass is 415 g/mol. The summed E-state index contributed by atoms with van der Waals surface area (Å²) >= 11 is 6.87. The van der Waals surface area contributed by atoms with Crippen molar-refractivity contribution in [1.82, 2.24) is 25.0 Å². The van der Waals surface area contributed by atoms with Crippen molar-refractivity contribution in [2.75, 3.05) is 20.6 Å². The predicted octanol–water partition coefficient (Wildman–Crippen LogP) is 3.65. The molecule has 2 heterocycles. The Bertz CT molecular complexity index is 957. The molecule has 0 radical (unpaired) electrons. The van der Waals surface area contributed by atoms with Gasteiger partial charge in [-0.1, -0.05) is 37.3 Å². The number of aryl methyl sites for hydroxylation is 1. The molecule has 0 aliphatic heterocycles. The van der Waals surface area contributed by atoms with E-state index in [-0.39, 0.29) is 18.5 Å². The topological polar surface area (TPSA) is 66.0 Å². The molecule has 0 spiro atoms. The van der Waals surface area contributed by atoms with Crippen LogP contribution in [0.2, 0.25) is 0 Å². The summed E-state index contributed by atoms with van der Waals surface area (Å²) in [7, 11) is 4.04. The summed E-state index contributed by atoms with van der Waals surface area (Å²) in [6.45, 7) is 2.80. The molecule has 0 aliphatic rings. The summed E-state index contributed by atoms with van der Waals surface area (Å²) in [6, 6.07) is 12.6. The molecular weight excluding hydrogens is 390 g/mol. The van der Waals surface area contributed by atoms with E-state index in [1.165, 1.54) is 11.1 Å². The fraction of sp³-hybridized carbons (Fsp3) is 0.350. The predicted molar refractivity (Wildman–Crippen MR) is 116 cm³/mol. The first-order chi connectivity index (χ1) is 13.5. The molecule has 0 saturated carbocycles. The van der Waals surface area contributed by atoms with Crippen molar-refractivity contribution < 1.29 is 4.79 Å². The van der Waals surface area contributed by atoms with Gasteiger partial charge in [-0.3, -0.25) is 14.5 Å². The Labute approximate surface area is 174 Å². The molecule has 0 bridgehead atoms. The molecule has 1 aromatic carbocycles. The van der Waals surface area contributed by atoms with Crippen LogP contribution >= 0.6 is 23.6 Å². The second kappa shape index (κ2) is 9.27. The lowest BCUT2D eigenvalue weighted by atomic mass is 10.0. The van der Waals surface area contributed by atoms with Crippen LogP contribution in [-0.4, -0.2) is 46.2 Å². The van der Waals surface area contributed by atoms with Crippen molar-refractivity contribution in [3.05, 3.63) is 57.7 Å². The number of H-pyrrole nitrogens is 1. The molecule has 148 valence electrons. The van der Waals surface area contributed by atoms with Crippen molar-refractivity contribution in [1.29, 1.82) is 0 Å². The minimum absolute atomic E-state index is 0.0904. The molecule has 3 rings (SSSR count). The molecule has 0 aliphatic carbocycles. The number of nitrogens with one attached hydrogen (secondary N) is 2. The lowest BCUT2D eigenvalue weighted by Crippen LogP contribution is -2.36. The van der Waals surface area contributed by atoms with Crippen LogP contribution in [0.25, 0.3) is 10.7 Å². The zero-order chi connectivity index (χ0) is 20.1. The summed E-state index contributed by atoms with van der Waals surface area (Å²) in [5.41, 5.74) is 2.49. The number of aromatic nitrogens is 3. The highest BCUT2D eigenvalue weighted by Gasteiger charge is 2.17. The van der Waals surface area contributed by atoms with Crippen LogP contribution in [0, 0.1) is 4.77 Å². The zero-order valence-corrected chi connectivity index (χ0v) is 17.9. The molecule has 0 saturated heterocycles. The number of carbonyl (C=O) groups is 1. The van der Waals surface area contributed by atoms with Crippen LogP contribution in [0.5, 0.6) is 0 Å². The number of nitrogens with zero attached hydrogens (tertiary/aromatic N) is 3. The van der Waals surface area contributed by atoms with E-state index < -0.39 is 0 Å². The van der Waals surface area contributed by atoms with E-state index in [0.29, 0.717) is 17.1 Å². The molecule has 1 amide bonds. The van der Waals surface area contributed by atoms with Gasteiger partial charge in [0.1, 0.15) is 6.54 Å². The van der Waals surface area contributed by atoms with Gasteiger partial charge in [0.05, 0.1) is 10.9 Å². The fourth-order valence-electron chi connectivity index (χ4n) is 3.04. The molecule has 1 atom stereocenters. The van der Waals surface area contributed by atoms with Gasteiger partial charge in [-0.25, -0.2) is 0 Å². The number of carbonyl (C=O) groups excluding carboxylic acids is 1. The highest BCUT2D eigenvalue weighted by Crippen LogP contribution is 2.23. The molecule has 2 N–H and O–H groups in total. The minimum Gasteiger partial charge on any atom is -0.353 e.